The first-order valence-electron chi connectivity index (χ1n) is 13.1. The van der Waals surface area contributed by atoms with Gasteiger partial charge in [0.15, 0.2) is 0 Å². The van der Waals surface area contributed by atoms with Crippen LogP contribution in [0.4, 0.5) is 0 Å². The summed E-state index contributed by atoms with van der Waals surface area (Å²) in [6.07, 6.45) is 0. The van der Waals surface area contributed by atoms with Crippen LogP contribution < -0.4 is 5.19 Å². The van der Waals surface area contributed by atoms with Crippen LogP contribution >= 0.6 is 39.7 Å². The van der Waals surface area contributed by atoms with Crippen LogP contribution in [0.5, 0.6) is 0 Å². The third-order valence-electron chi connectivity index (χ3n) is 6.43. The Balaban J connectivity index is 0.000000141. The molecule has 41 heavy (non-hydrogen) atoms. The second-order valence-corrected chi connectivity index (χ2v) is 16.0. The molecule has 0 spiro atoms. The number of hydrogen-bond acceptors (Lipinski definition) is 2. The molecule has 2 aromatic heterocycles. The molecule has 7 rings (SSSR count). The van der Waals surface area contributed by atoms with Gasteiger partial charge >= 0.3 is 37.9 Å². The Morgan fingerprint density at radius 3 is 1.44 bits per heavy atom. The van der Waals surface area contributed by atoms with Gasteiger partial charge in [-0.1, -0.05) is 91.3 Å². The van der Waals surface area contributed by atoms with Crippen LogP contribution in [0.2, 0.25) is 6.55 Å². The Morgan fingerprint density at radius 1 is 0.610 bits per heavy atom. The molecule has 0 fully saturated rings. The van der Waals surface area contributed by atoms with E-state index in [9.17, 15) is 0 Å². The van der Waals surface area contributed by atoms with E-state index in [-0.39, 0.29) is 0 Å². The zero-order chi connectivity index (χ0) is 29.0. The molecule has 2 heterocycles. The van der Waals surface area contributed by atoms with E-state index >= 15 is 0 Å². The summed E-state index contributed by atoms with van der Waals surface area (Å²) in [6, 6.07) is 41.1. The summed E-state index contributed by atoms with van der Waals surface area (Å²) < 4.78 is 0. The fraction of sp³-hybridized carbons (Fsp3) is 0.0857. The maximum absolute atomic E-state index is 4.93. The van der Waals surface area contributed by atoms with Crippen molar-refractivity contribution in [1.29, 1.82) is 0 Å². The zero-order valence-electron chi connectivity index (χ0n) is 23.2. The fourth-order valence-corrected chi connectivity index (χ4v) is 6.72. The standard InChI is InChI=1S/2C14H11S.C7H8Si.2ClH.Zr/c2*1-10-8-11-4-2-5-12(13(11)9-10)14-6-3-7-15-14;1-8-7-5-3-2-4-6-7;;;/h2*2-9H,1H3;2-6H,1H3;2*1H;/q2*-1;;;;+4/p-2. The Bertz CT molecular complexity index is 1620. The predicted octanol–water partition coefficient (Wildman–Crippen LogP) is 11.6. The van der Waals surface area contributed by atoms with E-state index < -0.39 is 20.8 Å². The number of halogens is 2. The van der Waals surface area contributed by atoms with Gasteiger partial charge in [0, 0.05) is 9.75 Å². The summed E-state index contributed by atoms with van der Waals surface area (Å²) in [6.45, 7) is 6.49. The van der Waals surface area contributed by atoms with E-state index in [2.05, 4.69) is 140 Å². The van der Waals surface area contributed by atoms with Gasteiger partial charge in [-0.3, -0.25) is 0 Å². The van der Waals surface area contributed by atoms with E-state index in [1.807, 2.05) is 6.07 Å². The Hall–Kier alpha value is -2.04. The van der Waals surface area contributed by atoms with E-state index in [1.165, 1.54) is 58.7 Å². The van der Waals surface area contributed by atoms with Crippen molar-refractivity contribution in [3.8, 4) is 20.9 Å². The number of aryl methyl sites for hydroxylation is 2. The summed E-state index contributed by atoms with van der Waals surface area (Å²) in [5, 5.41) is 11.1. The van der Waals surface area contributed by atoms with E-state index in [0.29, 0.717) is 0 Å². The molecule has 0 aliphatic rings. The monoisotopic (exact) mass is 702 g/mol. The van der Waals surface area contributed by atoms with Crippen molar-refractivity contribution in [1.82, 2.24) is 0 Å². The number of benzene rings is 3. The summed E-state index contributed by atoms with van der Waals surface area (Å²) in [4.78, 5) is 2.71. The molecule has 0 unspecified atom stereocenters. The minimum atomic E-state index is -0.826. The molecule has 0 amide bonds. The molecule has 7 aromatic rings. The predicted molar refractivity (Wildman–Crippen MR) is 185 cm³/mol. The van der Waals surface area contributed by atoms with Crippen LogP contribution in [0.1, 0.15) is 11.1 Å². The summed E-state index contributed by atoms with van der Waals surface area (Å²) in [5.41, 5.74) is 5.40. The second-order valence-electron chi connectivity index (χ2n) is 9.32. The van der Waals surface area contributed by atoms with Gasteiger partial charge in [-0.25, -0.2) is 0 Å². The summed E-state index contributed by atoms with van der Waals surface area (Å²) in [7, 11) is 10.8. The number of hydrogen-bond donors (Lipinski definition) is 0. The fourth-order valence-electron chi connectivity index (χ4n) is 4.67. The first-order chi connectivity index (χ1) is 20.0. The molecule has 0 saturated carbocycles. The van der Waals surface area contributed by atoms with Crippen LogP contribution in [0, 0.1) is 13.8 Å². The van der Waals surface area contributed by atoms with Crippen LogP contribution in [0.25, 0.3) is 42.4 Å². The van der Waals surface area contributed by atoms with Crippen LogP contribution in [-0.4, -0.2) is 9.52 Å². The molecular weight excluding hydrogens is 675 g/mol. The molecule has 0 nitrogen and oxygen atoms in total. The molecule has 6 heteroatoms. The van der Waals surface area contributed by atoms with Crippen molar-refractivity contribution in [3.63, 3.8) is 0 Å². The van der Waals surface area contributed by atoms with Gasteiger partial charge in [0.2, 0.25) is 0 Å². The van der Waals surface area contributed by atoms with E-state index in [4.69, 9.17) is 17.0 Å². The van der Waals surface area contributed by atoms with E-state index in [0.717, 1.165) is 9.52 Å². The minimum absolute atomic E-state index is 0.826. The van der Waals surface area contributed by atoms with Gasteiger partial charge in [-0.05, 0) is 22.9 Å². The number of fused-ring (bicyclic) bond motifs is 2. The van der Waals surface area contributed by atoms with Crippen LogP contribution in [0.3, 0.4) is 0 Å². The van der Waals surface area contributed by atoms with Crippen molar-refractivity contribution >= 4 is 76.0 Å². The number of rotatable bonds is 3. The molecule has 0 N–H and O–H groups in total. The Labute approximate surface area is 272 Å². The summed E-state index contributed by atoms with van der Waals surface area (Å²) in [5.74, 6) is 0. The van der Waals surface area contributed by atoms with Crippen molar-refractivity contribution in [2.45, 2.75) is 20.4 Å². The summed E-state index contributed by atoms with van der Waals surface area (Å²) >= 11 is 2.77. The first-order valence-corrected chi connectivity index (χ1v) is 22.7. The molecule has 0 atom stereocenters. The van der Waals surface area contributed by atoms with Crippen LogP contribution in [0.15, 0.2) is 126 Å². The maximum atomic E-state index is 4.93. The van der Waals surface area contributed by atoms with Crippen molar-refractivity contribution in [3.05, 3.63) is 137 Å². The third-order valence-corrected chi connectivity index (χ3v) is 9.14. The molecule has 204 valence electrons. The average molecular weight is 705 g/mol. The molecular formula is C35H30Cl2S2SiZr. The molecule has 5 aromatic carbocycles. The average Bonchev–Trinajstić information content (AvgIpc) is 3.80. The van der Waals surface area contributed by atoms with Gasteiger partial charge in [0.05, 0.1) is 9.52 Å². The van der Waals surface area contributed by atoms with Crippen LogP contribution in [-0.2, 0) is 20.8 Å². The molecule has 0 aliphatic carbocycles. The Morgan fingerprint density at radius 2 is 1.07 bits per heavy atom. The normalized spacial score (nSPS) is 10.1. The SMILES string of the molecule is C[Si]c1ccccc1.Cc1cc2c(-c3cccs3)cccc2[cH-]1.Cc1cc2c(-c3cccs3)cccc2[cH-]1.[Cl][Zr+2][Cl]. The topological polar surface area (TPSA) is 0 Å². The third kappa shape index (κ3) is 8.97. The second kappa shape index (κ2) is 16.6. The van der Waals surface area contributed by atoms with Gasteiger partial charge in [0.1, 0.15) is 0 Å². The molecule has 0 bridgehead atoms. The van der Waals surface area contributed by atoms with Crippen molar-refractivity contribution < 1.29 is 20.8 Å². The quantitative estimate of drug-likeness (QED) is 0.127. The van der Waals surface area contributed by atoms with Crippen molar-refractivity contribution in [2.75, 3.05) is 0 Å². The number of thiophene rings is 2. The van der Waals surface area contributed by atoms with E-state index in [1.54, 1.807) is 22.7 Å². The van der Waals surface area contributed by atoms with Crippen molar-refractivity contribution in [2.24, 2.45) is 0 Å². The molecule has 0 saturated heterocycles. The van der Waals surface area contributed by atoms with Gasteiger partial charge in [-0.2, -0.15) is 12.1 Å². The Kier molecular flexibility index (Phi) is 12.9. The van der Waals surface area contributed by atoms with Gasteiger partial charge in [-0.15, -0.1) is 91.7 Å². The first kappa shape index (κ1) is 31.9. The molecule has 2 radical (unpaired) electrons. The molecule has 0 aliphatic heterocycles. The van der Waals surface area contributed by atoms with Gasteiger partial charge < -0.3 is 0 Å². The zero-order valence-corrected chi connectivity index (χ0v) is 29.8. The van der Waals surface area contributed by atoms with Gasteiger partial charge in [0.25, 0.3) is 0 Å².